The number of quaternary nitrogens is 1. The van der Waals surface area contributed by atoms with Crippen LogP contribution in [0.3, 0.4) is 0 Å². The molecule has 0 heterocycles. The number of likely N-dealkylation sites (N-methyl/N-ethyl adjacent to an activating group) is 1. The van der Waals surface area contributed by atoms with Crippen molar-refractivity contribution < 1.29 is 42.9 Å². The summed E-state index contributed by atoms with van der Waals surface area (Å²) in [6.07, 6.45) is 83.4. The molecule has 0 N–H and O–H groups in total. The topological polar surface area (TPSA) is 111 Å². The number of aliphatic carboxylic acids is 1. The van der Waals surface area contributed by atoms with E-state index in [2.05, 4.69) is 26.0 Å². The molecule has 0 aliphatic heterocycles. The zero-order valence-electron chi connectivity index (χ0n) is 59.2. The number of rotatable bonds is 74. The van der Waals surface area contributed by atoms with Gasteiger partial charge in [-0.05, 0) is 38.5 Å². The van der Waals surface area contributed by atoms with Gasteiger partial charge in [-0.15, -0.1) is 0 Å². The summed E-state index contributed by atoms with van der Waals surface area (Å²) in [6.45, 7) is 4.84. The van der Waals surface area contributed by atoms with Gasteiger partial charge in [0.2, 0.25) is 0 Å². The molecule has 516 valence electrons. The largest absolute Gasteiger partial charge is 0.545 e. The van der Waals surface area contributed by atoms with Gasteiger partial charge in [0.05, 0.1) is 40.3 Å². The number of hydrogen-bond acceptors (Lipinski definition) is 8. The fourth-order valence-corrected chi connectivity index (χ4v) is 12.1. The van der Waals surface area contributed by atoms with Crippen molar-refractivity contribution in [2.75, 3.05) is 47.5 Å². The second kappa shape index (κ2) is 69.9. The van der Waals surface area contributed by atoms with Gasteiger partial charge < -0.3 is 33.3 Å². The highest BCUT2D eigenvalue weighted by molar-refractivity contribution is 5.70. The third-order valence-corrected chi connectivity index (χ3v) is 18.0. The second-order valence-electron chi connectivity index (χ2n) is 28.0. The summed E-state index contributed by atoms with van der Waals surface area (Å²) in [5.41, 5.74) is 0. The Morgan fingerprint density at radius 1 is 0.333 bits per heavy atom. The number of carboxylic acid groups (broad SMARTS) is 1. The van der Waals surface area contributed by atoms with Crippen LogP contribution in [0.4, 0.5) is 0 Å². The van der Waals surface area contributed by atoms with E-state index in [1.54, 1.807) is 0 Å². The van der Waals surface area contributed by atoms with Crippen molar-refractivity contribution in [3.8, 4) is 0 Å². The molecule has 0 fully saturated rings. The number of unbranched alkanes of at least 4 members (excludes halogenated alkanes) is 57. The third-order valence-electron chi connectivity index (χ3n) is 18.0. The highest BCUT2D eigenvalue weighted by Crippen LogP contribution is 2.20. The van der Waals surface area contributed by atoms with Gasteiger partial charge in [-0.1, -0.05) is 373 Å². The first-order valence-electron chi connectivity index (χ1n) is 38.8. The molecule has 0 radical (unpaired) electrons. The van der Waals surface area contributed by atoms with Gasteiger partial charge in [0.25, 0.3) is 0 Å². The lowest BCUT2D eigenvalue weighted by molar-refractivity contribution is -0.870. The van der Waals surface area contributed by atoms with Crippen LogP contribution < -0.4 is 5.11 Å². The molecule has 2 atom stereocenters. The van der Waals surface area contributed by atoms with Crippen LogP contribution in [-0.4, -0.2) is 82.3 Å². The SMILES string of the molecule is CCCCCCCCCC/C=C\CCCCCCCCCCCCCCCCCCCCCCCCCCCCCC(=O)OC(COC(=O)CCCCCCCCCCCCCCCCCCCCCCCCC)COC(OCC[N+](C)(C)C)C(=O)[O-]. The van der Waals surface area contributed by atoms with Crippen molar-refractivity contribution in [3.05, 3.63) is 12.2 Å². The fourth-order valence-electron chi connectivity index (χ4n) is 12.1. The third kappa shape index (κ3) is 71.3. The van der Waals surface area contributed by atoms with E-state index in [1.807, 2.05) is 21.1 Å². The molecule has 0 aromatic heterocycles. The number of esters is 2. The van der Waals surface area contributed by atoms with Crippen LogP contribution in [0.2, 0.25) is 0 Å². The number of carbonyl (C=O) groups excluding carboxylic acids is 3. The molecule has 0 spiro atoms. The molecule has 0 aliphatic carbocycles. The van der Waals surface area contributed by atoms with Crippen molar-refractivity contribution in [2.45, 2.75) is 424 Å². The van der Waals surface area contributed by atoms with Crippen LogP contribution in [0.5, 0.6) is 0 Å². The molecule has 9 nitrogen and oxygen atoms in total. The van der Waals surface area contributed by atoms with E-state index in [-0.39, 0.29) is 32.2 Å². The molecule has 0 rings (SSSR count). The maximum absolute atomic E-state index is 13.0. The normalized spacial score (nSPS) is 12.6. The quantitative estimate of drug-likeness (QED) is 0.0195. The minimum Gasteiger partial charge on any atom is -0.545 e. The lowest BCUT2D eigenvalue weighted by Gasteiger charge is -2.26. The standard InChI is InChI=1S/C78H151NO8/c1-6-8-10-12-14-16-18-20-22-24-26-28-30-31-32-33-34-35-36-37-38-39-40-41-42-43-44-45-47-49-51-53-55-57-59-61-63-65-67-69-76(81)87-74(73-86-78(77(82)83)84-71-70-79(3,4)5)72-85-75(80)68-66-64-62-60-58-56-54-52-50-48-46-29-27-25-23-21-19-17-15-13-11-9-7-2/h24,26,74,78H,6-23,25,27-73H2,1-5H3/b26-24-. The molecule has 87 heavy (non-hydrogen) atoms. The number of ether oxygens (including phenoxy) is 4. The molecular formula is C78H151NO8. The van der Waals surface area contributed by atoms with Crippen molar-refractivity contribution >= 4 is 17.9 Å². The number of allylic oxidation sites excluding steroid dienone is 2. The molecule has 0 bridgehead atoms. The Morgan fingerprint density at radius 2 is 0.586 bits per heavy atom. The Morgan fingerprint density at radius 3 is 0.851 bits per heavy atom. The summed E-state index contributed by atoms with van der Waals surface area (Å²) < 4.78 is 22.9. The van der Waals surface area contributed by atoms with Gasteiger partial charge in [-0.3, -0.25) is 9.59 Å². The summed E-state index contributed by atoms with van der Waals surface area (Å²) >= 11 is 0. The average molecular weight is 1230 g/mol. The van der Waals surface area contributed by atoms with Gasteiger partial charge in [0.1, 0.15) is 13.2 Å². The minimum atomic E-state index is -1.62. The van der Waals surface area contributed by atoms with Crippen LogP contribution in [0.1, 0.15) is 412 Å². The van der Waals surface area contributed by atoms with E-state index in [0.29, 0.717) is 17.4 Å². The van der Waals surface area contributed by atoms with Crippen LogP contribution in [-0.2, 0) is 33.3 Å². The first-order valence-corrected chi connectivity index (χ1v) is 38.8. The zero-order valence-corrected chi connectivity index (χ0v) is 59.2. The lowest BCUT2D eigenvalue weighted by atomic mass is 10.0. The van der Waals surface area contributed by atoms with Crippen molar-refractivity contribution in [3.63, 3.8) is 0 Å². The summed E-state index contributed by atoms with van der Waals surface area (Å²) in [4.78, 5) is 37.5. The van der Waals surface area contributed by atoms with E-state index in [9.17, 15) is 19.5 Å². The van der Waals surface area contributed by atoms with Crippen LogP contribution in [0.15, 0.2) is 12.2 Å². The highest BCUT2D eigenvalue weighted by Gasteiger charge is 2.22. The van der Waals surface area contributed by atoms with Crippen molar-refractivity contribution in [1.82, 2.24) is 0 Å². The minimum absolute atomic E-state index is 0.153. The van der Waals surface area contributed by atoms with Crippen molar-refractivity contribution in [2.24, 2.45) is 0 Å². The first-order chi connectivity index (χ1) is 42.6. The van der Waals surface area contributed by atoms with Gasteiger partial charge in [0.15, 0.2) is 12.4 Å². The smallest absolute Gasteiger partial charge is 0.306 e. The molecular weight excluding hydrogens is 1080 g/mol. The Hall–Kier alpha value is -1.97. The number of carboxylic acids is 1. The summed E-state index contributed by atoms with van der Waals surface area (Å²) in [7, 11) is 5.95. The molecule has 0 aliphatic rings. The van der Waals surface area contributed by atoms with Gasteiger partial charge in [-0.2, -0.15) is 0 Å². The highest BCUT2D eigenvalue weighted by atomic mass is 16.7. The van der Waals surface area contributed by atoms with E-state index in [0.717, 1.165) is 38.5 Å². The second-order valence-corrected chi connectivity index (χ2v) is 28.0. The summed E-state index contributed by atoms with van der Waals surface area (Å²) in [6, 6.07) is 0. The number of nitrogens with zero attached hydrogens (tertiary/aromatic N) is 1. The summed E-state index contributed by atoms with van der Waals surface area (Å²) in [5, 5.41) is 11.8. The molecule has 0 saturated heterocycles. The maximum Gasteiger partial charge on any atom is 0.306 e. The van der Waals surface area contributed by atoms with Gasteiger partial charge >= 0.3 is 11.9 Å². The predicted octanol–water partition coefficient (Wildman–Crippen LogP) is 23.0. The van der Waals surface area contributed by atoms with Crippen LogP contribution in [0, 0.1) is 0 Å². The molecule has 2 unspecified atom stereocenters. The number of carbonyl (C=O) groups is 3. The van der Waals surface area contributed by atoms with Gasteiger partial charge in [0, 0.05) is 12.8 Å². The Bertz CT molecular complexity index is 1430. The lowest BCUT2D eigenvalue weighted by Crippen LogP contribution is -2.44. The van der Waals surface area contributed by atoms with Crippen LogP contribution in [0.25, 0.3) is 0 Å². The van der Waals surface area contributed by atoms with Gasteiger partial charge in [-0.25, -0.2) is 0 Å². The Balaban J connectivity index is 3.93. The monoisotopic (exact) mass is 1230 g/mol. The Kier molecular flexibility index (Phi) is 68.3. The molecule has 0 amide bonds. The zero-order chi connectivity index (χ0) is 63.3. The fraction of sp³-hybridized carbons (Fsp3) is 0.936. The van der Waals surface area contributed by atoms with E-state index in [4.69, 9.17) is 18.9 Å². The number of hydrogen-bond donors (Lipinski definition) is 0. The van der Waals surface area contributed by atoms with E-state index < -0.39 is 24.3 Å². The Labute approximate surface area is 542 Å². The predicted molar refractivity (Wildman–Crippen MR) is 371 cm³/mol. The maximum atomic E-state index is 13.0. The molecule has 9 heteroatoms. The average Bonchev–Trinajstić information content (AvgIpc) is 3.55. The molecule has 0 aromatic carbocycles. The summed E-state index contributed by atoms with van der Waals surface area (Å²) in [5.74, 6) is -2.24. The molecule has 0 saturated carbocycles. The van der Waals surface area contributed by atoms with E-state index in [1.165, 1.54) is 347 Å². The first kappa shape index (κ1) is 85.0. The molecule has 0 aromatic rings. The van der Waals surface area contributed by atoms with Crippen molar-refractivity contribution in [1.29, 1.82) is 0 Å². The van der Waals surface area contributed by atoms with Crippen LogP contribution >= 0.6 is 0 Å². The van der Waals surface area contributed by atoms with E-state index >= 15 is 0 Å².